The molecule has 0 atom stereocenters. The fourth-order valence-electron chi connectivity index (χ4n) is 2.10. The Morgan fingerprint density at radius 1 is 1.18 bits per heavy atom. The van der Waals surface area contributed by atoms with Crippen molar-refractivity contribution in [3.63, 3.8) is 0 Å². The zero-order valence-corrected chi connectivity index (χ0v) is 14.6. The van der Waals surface area contributed by atoms with Gasteiger partial charge in [-0.15, -0.1) is 0 Å². The fourth-order valence-corrected chi connectivity index (χ4v) is 2.10. The van der Waals surface area contributed by atoms with Crippen LogP contribution in [0.2, 0.25) is 0 Å². The van der Waals surface area contributed by atoms with Crippen LogP contribution in [0.3, 0.4) is 0 Å². The minimum absolute atomic E-state index is 0. The molecule has 1 heterocycles. The quantitative estimate of drug-likeness (QED) is 0.415. The molecule has 0 aliphatic heterocycles. The molecule has 5 nitrogen and oxygen atoms in total. The van der Waals surface area contributed by atoms with E-state index in [1.165, 1.54) is 37.9 Å². The lowest BCUT2D eigenvalue weighted by atomic mass is 10.1. The minimum atomic E-state index is -0.989. The average molecular weight is 373 g/mol. The maximum absolute atomic E-state index is 11.7. The number of aromatic nitrogens is 1. The van der Waals surface area contributed by atoms with E-state index in [0.29, 0.717) is 6.54 Å². The van der Waals surface area contributed by atoms with E-state index in [0.717, 1.165) is 12.8 Å². The number of hydrogen-bond donors (Lipinski definition) is 2. The molecule has 1 aromatic heterocycles. The van der Waals surface area contributed by atoms with E-state index < -0.39 is 5.97 Å². The van der Waals surface area contributed by atoms with Gasteiger partial charge in [-0.3, -0.25) is 4.79 Å². The monoisotopic (exact) mass is 372 g/mol. The van der Waals surface area contributed by atoms with E-state index in [-0.39, 0.29) is 35.0 Å². The molecule has 124 valence electrons. The van der Waals surface area contributed by atoms with Crippen molar-refractivity contribution in [1.82, 2.24) is 5.32 Å². The first-order valence-electron chi connectivity index (χ1n) is 7.62. The SMILES string of the molecule is CCCCCCCCNC(=O)C[n+]1cccc(C(=O)O)c1.[Br-]. The second-order valence-corrected chi connectivity index (χ2v) is 5.19. The highest BCUT2D eigenvalue weighted by molar-refractivity contribution is 5.86. The third-order valence-corrected chi connectivity index (χ3v) is 3.28. The molecule has 0 aliphatic rings. The van der Waals surface area contributed by atoms with E-state index >= 15 is 0 Å². The normalized spacial score (nSPS) is 9.86. The summed E-state index contributed by atoms with van der Waals surface area (Å²) >= 11 is 0. The van der Waals surface area contributed by atoms with Crippen molar-refractivity contribution in [2.75, 3.05) is 6.54 Å². The molecule has 1 rings (SSSR count). The summed E-state index contributed by atoms with van der Waals surface area (Å²) in [5, 5.41) is 11.8. The summed E-state index contributed by atoms with van der Waals surface area (Å²) in [5.74, 6) is -1.08. The van der Waals surface area contributed by atoms with Crippen molar-refractivity contribution in [2.45, 2.75) is 52.0 Å². The lowest BCUT2D eigenvalue weighted by Crippen LogP contribution is -3.00. The van der Waals surface area contributed by atoms with Crippen LogP contribution in [0.15, 0.2) is 24.5 Å². The first-order valence-corrected chi connectivity index (χ1v) is 7.62. The molecule has 0 spiro atoms. The van der Waals surface area contributed by atoms with Crippen LogP contribution in [0, 0.1) is 0 Å². The molecule has 0 aromatic carbocycles. The van der Waals surface area contributed by atoms with Crippen molar-refractivity contribution >= 4 is 11.9 Å². The summed E-state index contributed by atoms with van der Waals surface area (Å²) in [6.45, 7) is 3.03. The number of amides is 1. The number of carbonyl (C=O) groups excluding carboxylic acids is 1. The number of carboxylic acids is 1. The third-order valence-electron chi connectivity index (χ3n) is 3.28. The van der Waals surface area contributed by atoms with Gasteiger partial charge < -0.3 is 27.4 Å². The lowest BCUT2D eigenvalue weighted by molar-refractivity contribution is -0.684. The molecule has 22 heavy (non-hydrogen) atoms. The van der Waals surface area contributed by atoms with Gasteiger partial charge in [-0.1, -0.05) is 39.0 Å². The number of nitrogens with zero attached hydrogens (tertiary/aromatic N) is 1. The number of pyridine rings is 1. The van der Waals surface area contributed by atoms with Crippen LogP contribution in [0.1, 0.15) is 55.8 Å². The van der Waals surface area contributed by atoms with Gasteiger partial charge in [0.2, 0.25) is 6.54 Å². The summed E-state index contributed by atoms with van der Waals surface area (Å²) in [7, 11) is 0. The van der Waals surface area contributed by atoms with E-state index in [1.54, 1.807) is 16.8 Å². The van der Waals surface area contributed by atoms with E-state index in [4.69, 9.17) is 5.11 Å². The molecule has 1 aromatic rings. The number of rotatable bonds is 10. The number of carbonyl (C=O) groups is 2. The molecular formula is C16H25BrN2O3. The minimum Gasteiger partial charge on any atom is -1.00 e. The Balaban J connectivity index is 0.00000441. The van der Waals surface area contributed by atoms with Crippen molar-refractivity contribution in [3.8, 4) is 0 Å². The molecule has 0 radical (unpaired) electrons. The van der Waals surface area contributed by atoms with Gasteiger partial charge in [0.15, 0.2) is 12.4 Å². The van der Waals surface area contributed by atoms with Crippen LogP contribution < -0.4 is 26.9 Å². The maximum Gasteiger partial charge on any atom is 0.341 e. The number of unbranched alkanes of at least 4 members (excludes halogenated alkanes) is 5. The Morgan fingerprint density at radius 3 is 2.55 bits per heavy atom. The predicted molar refractivity (Wildman–Crippen MR) is 80.0 cm³/mol. The van der Waals surface area contributed by atoms with Crippen molar-refractivity contribution in [3.05, 3.63) is 30.1 Å². The highest BCUT2D eigenvalue weighted by Crippen LogP contribution is 2.03. The summed E-state index contributed by atoms with van der Waals surface area (Å²) in [5.41, 5.74) is 0.182. The van der Waals surface area contributed by atoms with Crippen LogP contribution in [-0.4, -0.2) is 23.5 Å². The second-order valence-electron chi connectivity index (χ2n) is 5.19. The highest BCUT2D eigenvalue weighted by atomic mass is 79.9. The van der Waals surface area contributed by atoms with Crippen LogP contribution >= 0.6 is 0 Å². The van der Waals surface area contributed by atoms with E-state index in [9.17, 15) is 9.59 Å². The van der Waals surface area contributed by atoms with Crippen LogP contribution in [0.4, 0.5) is 0 Å². The Kier molecular flexibility index (Phi) is 11.4. The number of aromatic carboxylic acids is 1. The first-order chi connectivity index (χ1) is 10.1. The highest BCUT2D eigenvalue weighted by Gasteiger charge is 2.12. The fraction of sp³-hybridized carbons (Fsp3) is 0.562. The summed E-state index contributed by atoms with van der Waals surface area (Å²) < 4.78 is 1.58. The largest absolute Gasteiger partial charge is 1.00 e. The number of hydrogen-bond acceptors (Lipinski definition) is 2. The Morgan fingerprint density at radius 2 is 1.86 bits per heavy atom. The van der Waals surface area contributed by atoms with Crippen molar-refractivity contribution in [2.24, 2.45) is 0 Å². The Bertz CT molecular complexity index is 466. The molecule has 0 aliphatic carbocycles. The Labute approximate surface area is 142 Å². The number of carboxylic acid groups (broad SMARTS) is 1. The van der Waals surface area contributed by atoms with Gasteiger partial charge in [0, 0.05) is 12.6 Å². The van der Waals surface area contributed by atoms with Crippen molar-refractivity contribution < 1.29 is 36.2 Å². The molecule has 1 amide bonds. The van der Waals surface area contributed by atoms with Gasteiger partial charge in [-0.2, -0.15) is 4.57 Å². The molecule has 0 fully saturated rings. The van der Waals surface area contributed by atoms with Gasteiger partial charge in [-0.05, 0) is 12.5 Å². The first kappa shape index (κ1) is 20.6. The van der Waals surface area contributed by atoms with Crippen LogP contribution in [-0.2, 0) is 11.3 Å². The second kappa shape index (κ2) is 12.1. The third kappa shape index (κ3) is 8.77. The van der Waals surface area contributed by atoms with E-state index in [1.807, 2.05) is 0 Å². The standard InChI is InChI=1S/C16H24N2O3.BrH/c1-2-3-4-5-6-7-10-17-15(19)13-18-11-8-9-14(12-18)16(20)21;/h8-9,11-12H,2-7,10,13H2,1H3,(H-,17,19,20,21);1H. The van der Waals surface area contributed by atoms with Gasteiger partial charge >= 0.3 is 5.97 Å². The van der Waals surface area contributed by atoms with Gasteiger partial charge in [-0.25, -0.2) is 4.79 Å². The molecular weight excluding hydrogens is 348 g/mol. The zero-order valence-electron chi connectivity index (χ0n) is 13.1. The topological polar surface area (TPSA) is 70.3 Å². The zero-order chi connectivity index (χ0) is 15.5. The van der Waals surface area contributed by atoms with Crippen molar-refractivity contribution in [1.29, 1.82) is 0 Å². The van der Waals surface area contributed by atoms with E-state index in [2.05, 4.69) is 12.2 Å². The lowest BCUT2D eigenvalue weighted by Gasteiger charge is -2.03. The smallest absolute Gasteiger partial charge is 0.341 e. The Hall–Kier alpha value is -1.43. The van der Waals surface area contributed by atoms with Gasteiger partial charge in [0.05, 0.1) is 0 Å². The molecule has 0 saturated carbocycles. The molecule has 6 heteroatoms. The van der Waals surface area contributed by atoms with Gasteiger partial charge in [0.1, 0.15) is 5.56 Å². The molecule has 0 bridgehead atoms. The van der Waals surface area contributed by atoms with Gasteiger partial charge in [0.25, 0.3) is 5.91 Å². The van der Waals surface area contributed by atoms with Crippen LogP contribution in [0.25, 0.3) is 0 Å². The number of halogens is 1. The molecule has 2 N–H and O–H groups in total. The molecule has 0 saturated heterocycles. The van der Waals surface area contributed by atoms with Crippen LogP contribution in [0.5, 0.6) is 0 Å². The number of nitrogens with one attached hydrogen (secondary N) is 1. The molecule has 0 unspecified atom stereocenters. The summed E-state index contributed by atoms with van der Waals surface area (Å²) in [4.78, 5) is 22.6. The summed E-state index contributed by atoms with van der Waals surface area (Å²) in [6, 6.07) is 3.14. The maximum atomic E-state index is 11.7. The predicted octanol–water partition coefficient (Wildman–Crippen LogP) is -0.847. The summed E-state index contributed by atoms with van der Waals surface area (Å²) in [6.07, 6.45) is 10.3. The average Bonchev–Trinajstić information content (AvgIpc) is 2.46.